The standard InChI is InChI=1S/C9H17NO/c1-5-6-9(7(2)3)10-8(4)11/h5,7,9H,1,6H2,2-4H3,(H,10,11)/t9-/m1/s1. The molecule has 0 saturated heterocycles. The van der Waals surface area contributed by atoms with Crippen molar-refractivity contribution in [2.45, 2.75) is 33.2 Å². The average Bonchev–Trinajstić information content (AvgIpc) is 1.86. The molecule has 2 heteroatoms. The molecule has 0 rings (SSSR count). The van der Waals surface area contributed by atoms with Crippen molar-refractivity contribution in [3.05, 3.63) is 12.7 Å². The summed E-state index contributed by atoms with van der Waals surface area (Å²) in [5, 5.41) is 2.87. The summed E-state index contributed by atoms with van der Waals surface area (Å²) in [6, 6.07) is 0.241. The third-order valence-electron chi connectivity index (χ3n) is 1.61. The summed E-state index contributed by atoms with van der Waals surface area (Å²) < 4.78 is 0. The van der Waals surface area contributed by atoms with Gasteiger partial charge in [-0.15, -0.1) is 6.58 Å². The van der Waals surface area contributed by atoms with Crippen LogP contribution in [0.5, 0.6) is 0 Å². The molecule has 0 fully saturated rings. The zero-order valence-corrected chi connectivity index (χ0v) is 7.55. The Labute approximate surface area is 68.7 Å². The van der Waals surface area contributed by atoms with E-state index in [2.05, 4.69) is 25.7 Å². The van der Waals surface area contributed by atoms with Gasteiger partial charge in [-0.3, -0.25) is 4.79 Å². The molecule has 1 atom stereocenters. The molecule has 0 aromatic heterocycles. The van der Waals surface area contributed by atoms with E-state index in [0.29, 0.717) is 5.92 Å². The fourth-order valence-electron chi connectivity index (χ4n) is 0.938. The van der Waals surface area contributed by atoms with E-state index in [-0.39, 0.29) is 11.9 Å². The van der Waals surface area contributed by atoms with Gasteiger partial charge in [-0.2, -0.15) is 0 Å². The zero-order chi connectivity index (χ0) is 8.85. The van der Waals surface area contributed by atoms with Gasteiger partial charge in [0.15, 0.2) is 0 Å². The molecule has 2 nitrogen and oxygen atoms in total. The molecule has 0 spiro atoms. The predicted molar refractivity (Wildman–Crippen MR) is 47.3 cm³/mol. The van der Waals surface area contributed by atoms with Gasteiger partial charge >= 0.3 is 0 Å². The van der Waals surface area contributed by atoms with E-state index in [1.807, 2.05) is 6.08 Å². The molecule has 0 aromatic carbocycles. The molecule has 0 aromatic rings. The van der Waals surface area contributed by atoms with Crippen LogP contribution >= 0.6 is 0 Å². The molecule has 0 saturated carbocycles. The van der Waals surface area contributed by atoms with Crippen LogP contribution in [0.4, 0.5) is 0 Å². The van der Waals surface area contributed by atoms with E-state index in [0.717, 1.165) is 6.42 Å². The highest BCUT2D eigenvalue weighted by Crippen LogP contribution is 2.05. The summed E-state index contributed by atoms with van der Waals surface area (Å²) in [7, 11) is 0. The third kappa shape index (κ3) is 4.59. The zero-order valence-electron chi connectivity index (χ0n) is 7.55. The first-order valence-electron chi connectivity index (χ1n) is 3.96. The summed E-state index contributed by atoms with van der Waals surface area (Å²) in [5.41, 5.74) is 0. The number of nitrogens with one attached hydrogen (secondary N) is 1. The Kier molecular flexibility index (Phi) is 4.59. The van der Waals surface area contributed by atoms with Gasteiger partial charge in [0.2, 0.25) is 5.91 Å². The van der Waals surface area contributed by atoms with Crippen LogP contribution in [0.1, 0.15) is 27.2 Å². The van der Waals surface area contributed by atoms with Gasteiger partial charge in [0, 0.05) is 13.0 Å². The topological polar surface area (TPSA) is 29.1 Å². The maximum absolute atomic E-state index is 10.7. The van der Waals surface area contributed by atoms with Crippen molar-refractivity contribution in [2.24, 2.45) is 5.92 Å². The SMILES string of the molecule is C=CC[C@@H](NC(C)=O)C(C)C. The lowest BCUT2D eigenvalue weighted by molar-refractivity contribution is -0.119. The Hall–Kier alpha value is -0.790. The number of hydrogen-bond donors (Lipinski definition) is 1. The summed E-state index contributed by atoms with van der Waals surface area (Å²) in [6.45, 7) is 9.35. The summed E-state index contributed by atoms with van der Waals surface area (Å²) in [5.74, 6) is 0.502. The smallest absolute Gasteiger partial charge is 0.217 e. The van der Waals surface area contributed by atoms with Crippen molar-refractivity contribution in [2.75, 3.05) is 0 Å². The first kappa shape index (κ1) is 10.2. The lowest BCUT2D eigenvalue weighted by Crippen LogP contribution is -2.36. The van der Waals surface area contributed by atoms with Crippen molar-refractivity contribution >= 4 is 5.91 Å². The highest BCUT2D eigenvalue weighted by molar-refractivity contribution is 5.73. The first-order valence-corrected chi connectivity index (χ1v) is 3.96. The number of amides is 1. The second-order valence-electron chi connectivity index (χ2n) is 3.08. The molecule has 64 valence electrons. The van der Waals surface area contributed by atoms with E-state index in [9.17, 15) is 4.79 Å². The van der Waals surface area contributed by atoms with E-state index in [1.54, 1.807) is 6.92 Å². The van der Waals surface area contributed by atoms with E-state index in [1.165, 1.54) is 0 Å². The van der Waals surface area contributed by atoms with Crippen LogP contribution in [0.15, 0.2) is 12.7 Å². The van der Waals surface area contributed by atoms with E-state index < -0.39 is 0 Å². The van der Waals surface area contributed by atoms with Crippen LogP contribution in [0, 0.1) is 5.92 Å². The number of hydrogen-bond acceptors (Lipinski definition) is 1. The largest absolute Gasteiger partial charge is 0.353 e. The third-order valence-corrected chi connectivity index (χ3v) is 1.61. The summed E-state index contributed by atoms with van der Waals surface area (Å²) in [4.78, 5) is 10.7. The Morgan fingerprint density at radius 3 is 2.45 bits per heavy atom. The highest BCUT2D eigenvalue weighted by Gasteiger charge is 2.11. The predicted octanol–water partition coefficient (Wildman–Crippen LogP) is 1.72. The fourth-order valence-corrected chi connectivity index (χ4v) is 0.938. The van der Waals surface area contributed by atoms with Crippen LogP contribution in [-0.2, 0) is 4.79 Å². The number of rotatable bonds is 4. The molecular formula is C9H17NO. The quantitative estimate of drug-likeness (QED) is 0.615. The number of carbonyl (C=O) groups is 1. The molecular weight excluding hydrogens is 138 g/mol. The Bertz CT molecular complexity index is 140. The second-order valence-corrected chi connectivity index (χ2v) is 3.08. The molecule has 0 aliphatic carbocycles. The molecule has 1 amide bonds. The van der Waals surface area contributed by atoms with Gasteiger partial charge < -0.3 is 5.32 Å². The normalized spacial score (nSPS) is 12.7. The van der Waals surface area contributed by atoms with Crippen LogP contribution < -0.4 is 5.32 Å². The second kappa shape index (κ2) is 4.94. The fraction of sp³-hybridized carbons (Fsp3) is 0.667. The molecule has 0 aliphatic rings. The maximum Gasteiger partial charge on any atom is 0.217 e. The average molecular weight is 155 g/mol. The lowest BCUT2D eigenvalue weighted by atomic mass is 10.0. The van der Waals surface area contributed by atoms with Crippen LogP contribution in [0.2, 0.25) is 0 Å². The Balaban J connectivity index is 3.88. The highest BCUT2D eigenvalue weighted by atomic mass is 16.1. The molecule has 0 unspecified atom stereocenters. The van der Waals surface area contributed by atoms with Crippen LogP contribution in [-0.4, -0.2) is 11.9 Å². The molecule has 0 radical (unpaired) electrons. The molecule has 0 heterocycles. The molecule has 0 aliphatic heterocycles. The van der Waals surface area contributed by atoms with Crippen molar-refractivity contribution in [3.8, 4) is 0 Å². The van der Waals surface area contributed by atoms with E-state index in [4.69, 9.17) is 0 Å². The van der Waals surface area contributed by atoms with Crippen LogP contribution in [0.3, 0.4) is 0 Å². The van der Waals surface area contributed by atoms with Gasteiger partial charge in [-0.25, -0.2) is 0 Å². The molecule has 11 heavy (non-hydrogen) atoms. The van der Waals surface area contributed by atoms with Gasteiger partial charge in [0.1, 0.15) is 0 Å². The first-order chi connectivity index (χ1) is 5.07. The Morgan fingerprint density at radius 1 is 1.64 bits per heavy atom. The van der Waals surface area contributed by atoms with Crippen LogP contribution in [0.25, 0.3) is 0 Å². The molecule has 0 bridgehead atoms. The maximum atomic E-state index is 10.7. The number of carbonyl (C=O) groups excluding carboxylic acids is 1. The van der Waals surface area contributed by atoms with Gasteiger partial charge in [0.25, 0.3) is 0 Å². The minimum absolute atomic E-state index is 0.0329. The van der Waals surface area contributed by atoms with E-state index >= 15 is 0 Å². The van der Waals surface area contributed by atoms with Gasteiger partial charge in [-0.1, -0.05) is 19.9 Å². The monoisotopic (exact) mass is 155 g/mol. The molecule has 1 N–H and O–H groups in total. The van der Waals surface area contributed by atoms with Crippen molar-refractivity contribution in [1.82, 2.24) is 5.32 Å². The summed E-state index contributed by atoms with van der Waals surface area (Å²) >= 11 is 0. The van der Waals surface area contributed by atoms with Crippen molar-refractivity contribution in [3.63, 3.8) is 0 Å². The van der Waals surface area contributed by atoms with Crippen molar-refractivity contribution in [1.29, 1.82) is 0 Å². The Morgan fingerprint density at radius 2 is 2.18 bits per heavy atom. The minimum Gasteiger partial charge on any atom is -0.353 e. The minimum atomic E-state index is 0.0329. The van der Waals surface area contributed by atoms with Gasteiger partial charge in [0.05, 0.1) is 0 Å². The van der Waals surface area contributed by atoms with Gasteiger partial charge in [-0.05, 0) is 12.3 Å². The summed E-state index contributed by atoms with van der Waals surface area (Å²) in [6.07, 6.45) is 2.68. The van der Waals surface area contributed by atoms with Crippen molar-refractivity contribution < 1.29 is 4.79 Å². The lowest BCUT2D eigenvalue weighted by Gasteiger charge is -2.19.